The van der Waals surface area contributed by atoms with E-state index in [0.717, 1.165) is 31.0 Å². The van der Waals surface area contributed by atoms with Crippen LogP contribution < -0.4 is 4.90 Å². The van der Waals surface area contributed by atoms with Gasteiger partial charge in [0.25, 0.3) is 0 Å². The highest BCUT2D eigenvalue weighted by Gasteiger charge is 2.22. The van der Waals surface area contributed by atoms with Crippen LogP contribution in [0.15, 0.2) is 12.1 Å². The van der Waals surface area contributed by atoms with Gasteiger partial charge in [-0.1, -0.05) is 20.8 Å². The first kappa shape index (κ1) is 13.8. The van der Waals surface area contributed by atoms with Crippen LogP contribution in [0.1, 0.15) is 44.4 Å². The molecule has 0 spiro atoms. The summed E-state index contributed by atoms with van der Waals surface area (Å²) in [6.07, 6.45) is 1.23. The topological polar surface area (TPSA) is 49.2 Å². The zero-order valence-corrected chi connectivity index (χ0v) is 11.9. The van der Waals surface area contributed by atoms with E-state index >= 15 is 0 Å². The normalized spacial score (nSPS) is 19.5. The molecule has 0 saturated carbocycles. The molecule has 19 heavy (non-hydrogen) atoms. The van der Waals surface area contributed by atoms with E-state index in [4.69, 9.17) is 4.74 Å². The maximum atomic E-state index is 9.25. The van der Waals surface area contributed by atoms with E-state index in [1.807, 2.05) is 12.1 Å². The molecule has 0 aromatic carbocycles. The van der Waals surface area contributed by atoms with Crippen molar-refractivity contribution in [3.8, 4) is 6.07 Å². The first-order valence-electron chi connectivity index (χ1n) is 6.93. The largest absolute Gasteiger partial charge is 0.375 e. The smallest absolute Gasteiger partial charge is 0.146 e. The van der Waals surface area contributed by atoms with Gasteiger partial charge in [0, 0.05) is 18.8 Å². The third-order valence-electron chi connectivity index (χ3n) is 3.50. The van der Waals surface area contributed by atoms with Crippen LogP contribution in [0.5, 0.6) is 0 Å². The quantitative estimate of drug-likeness (QED) is 0.837. The number of rotatable bonds is 3. The Labute approximate surface area is 115 Å². The molecule has 1 aromatic rings. The van der Waals surface area contributed by atoms with E-state index in [2.05, 4.69) is 36.7 Å². The number of nitrogens with zero attached hydrogens (tertiary/aromatic N) is 3. The minimum Gasteiger partial charge on any atom is -0.375 e. The first-order chi connectivity index (χ1) is 9.15. The molecular formula is C15H21N3O. The summed E-state index contributed by atoms with van der Waals surface area (Å²) in [5.74, 6) is 1.19. The number of ether oxygens (including phenoxy) is 1. The summed E-state index contributed by atoms with van der Waals surface area (Å²) in [5.41, 5.74) is 1.69. The summed E-state index contributed by atoms with van der Waals surface area (Å²) in [6, 6.07) is 6.08. The van der Waals surface area contributed by atoms with E-state index in [1.165, 1.54) is 0 Å². The lowest BCUT2D eigenvalue weighted by molar-refractivity contribution is 0.0381. The van der Waals surface area contributed by atoms with Gasteiger partial charge in [-0.2, -0.15) is 5.26 Å². The predicted molar refractivity (Wildman–Crippen MR) is 75.3 cm³/mol. The van der Waals surface area contributed by atoms with Crippen LogP contribution in [0, 0.1) is 11.3 Å². The van der Waals surface area contributed by atoms with E-state index in [1.54, 1.807) is 0 Å². The molecule has 0 bridgehead atoms. The molecule has 2 rings (SSSR count). The Hall–Kier alpha value is -1.60. The second-order valence-electron chi connectivity index (χ2n) is 5.22. The third-order valence-corrected chi connectivity index (χ3v) is 3.50. The van der Waals surface area contributed by atoms with E-state index in [9.17, 15) is 5.26 Å². The van der Waals surface area contributed by atoms with Crippen molar-refractivity contribution in [1.82, 2.24) is 4.98 Å². The van der Waals surface area contributed by atoms with Crippen molar-refractivity contribution >= 4 is 5.82 Å². The lowest BCUT2D eigenvalue weighted by Crippen LogP contribution is -2.43. The van der Waals surface area contributed by atoms with Crippen molar-refractivity contribution in [2.24, 2.45) is 0 Å². The predicted octanol–water partition coefficient (Wildman–Crippen LogP) is 2.69. The van der Waals surface area contributed by atoms with E-state index in [-0.39, 0.29) is 6.10 Å². The summed E-state index contributed by atoms with van der Waals surface area (Å²) in [4.78, 5) is 6.87. The number of morpholine rings is 1. The van der Waals surface area contributed by atoms with Crippen molar-refractivity contribution in [3.05, 3.63) is 23.4 Å². The standard InChI is InChI=1S/C15H21N3O/c1-4-13-10-18(7-8-19-13)15-12(9-16)5-6-14(17-15)11(2)3/h5-6,11,13H,4,7-8,10H2,1-3H3/t13-/m0/s1. The van der Waals surface area contributed by atoms with Crippen molar-refractivity contribution < 1.29 is 4.74 Å². The highest BCUT2D eigenvalue weighted by molar-refractivity contribution is 5.55. The minimum absolute atomic E-state index is 0.241. The SMILES string of the molecule is CC[C@H]1CN(c2nc(C(C)C)ccc2C#N)CCO1. The lowest BCUT2D eigenvalue weighted by Gasteiger charge is -2.34. The van der Waals surface area contributed by atoms with E-state index < -0.39 is 0 Å². The molecule has 0 N–H and O–H groups in total. The van der Waals surface area contributed by atoms with Gasteiger partial charge in [-0.05, 0) is 24.5 Å². The zero-order valence-electron chi connectivity index (χ0n) is 11.9. The molecule has 1 atom stereocenters. The molecule has 1 aromatic heterocycles. The zero-order chi connectivity index (χ0) is 13.8. The van der Waals surface area contributed by atoms with Gasteiger partial charge in [-0.25, -0.2) is 4.98 Å². The van der Waals surface area contributed by atoms with Crippen LogP contribution in [0.2, 0.25) is 0 Å². The number of anilines is 1. The first-order valence-corrected chi connectivity index (χ1v) is 6.93. The number of hydrogen-bond donors (Lipinski definition) is 0. The van der Waals surface area contributed by atoms with Gasteiger partial charge in [0.2, 0.25) is 0 Å². The Balaban J connectivity index is 2.31. The van der Waals surface area contributed by atoms with Gasteiger partial charge < -0.3 is 9.64 Å². The van der Waals surface area contributed by atoms with Gasteiger partial charge >= 0.3 is 0 Å². The molecule has 1 aliphatic rings. The number of aromatic nitrogens is 1. The van der Waals surface area contributed by atoms with Crippen molar-refractivity contribution in [3.63, 3.8) is 0 Å². The number of nitriles is 1. The molecule has 1 fully saturated rings. The Morgan fingerprint density at radius 2 is 2.32 bits per heavy atom. The van der Waals surface area contributed by atoms with Gasteiger partial charge in [0.05, 0.1) is 18.3 Å². The van der Waals surface area contributed by atoms with Gasteiger partial charge in [0.1, 0.15) is 11.9 Å². The van der Waals surface area contributed by atoms with Crippen LogP contribution in [0.25, 0.3) is 0 Å². The van der Waals surface area contributed by atoms with Crippen LogP contribution in [-0.2, 0) is 4.74 Å². The number of hydrogen-bond acceptors (Lipinski definition) is 4. The van der Waals surface area contributed by atoms with Gasteiger partial charge in [0.15, 0.2) is 0 Å². The molecule has 1 aliphatic heterocycles. The number of pyridine rings is 1. The van der Waals surface area contributed by atoms with Crippen LogP contribution in [-0.4, -0.2) is 30.8 Å². The molecule has 0 aliphatic carbocycles. The molecule has 2 heterocycles. The second-order valence-corrected chi connectivity index (χ2v) is 5.22. The summed E-state index contributed by atoms with van der Waals surface area (Å²) in [5, 5.41) is 9.25. The van der Waals surface area contributed by atoms with Crippen LogP contribution >= 0.6 is 0 Å². The third kappa shape index (κ3) is 3.05. The van der Waals surface area contributed by atoms with Gasteiger partial charge in [-0.3, -0.25) is 0 Å². The molecule has 102 valence electrons. The maximum absolute atomic E-state index is 9.25. The van der Waals surface area contributed by atoms with Crippen molar-refractivity contribution in [1.29, 1.82) is 5.26 Å². The molecule has 0 amide bonds. The summed E-state index contributed by atoms with van der Waals surface area (Å²) in [7, 11) is 0. The fourth-order valence-electron chi connectivity index (χ4n) is 2.27. The lowest BCUT2D eigenvalue weighted by atomic mass is 10.1. The minimum atomic E-state index is 0.241. The molecule has 1 saturated heterocycles. The Morgan fingerprint density at radius 3 is 2.95 bits per heavy atom. The molecule has 0 radical (unpaired) electrons. The van der Waals surface area contributed by atoms with Crippen molar-refractivity contribution in [2.75, 3.05) is 24.6 Å². The summed E-state index contributed by atoms with van der Waals surface area (Å²) >= 11 is 0. The molecular weight excluding hydrogens is 238 g/mol. The maximum Gasteiger partial charge on any atom is 0.146 e. The Morgan fingerprint density at radius 1 is 1.53 bits per heavy atom. The Kier molecular flexibility index (Phi) is 4.39. The molecule has 4 heteroatoms. The Bertz CT molecular complexity index is 479. The monoisotopic (exact) mass is 259 g/mol. The van der Waals surface area contributed by atoms with Crippen LogP contribution in [0.3, 0.4) is 0 Å². The molecule has 0 unspecified atom stereocenters. The van der Waals surface area contributed by atoms with Crippen molar-refractivity contribution in [2.45, 2.75) is 39.2 Å². The summed E-state index contributed by atoms with van der Waals surface area (Å²) in [6.45, 7) is 8.69. The van der Waals surface area contributed by atoms with Crippen LogP contribution in [0.4, 0.5) is 5.82 Å². The second kappa shape index (κ2) is 6.03. The average Bonchev–Trinajstić information content (AvgIpc) is 2.46. The fraction of sp³-hybridized carbons (Fsp3) is 0.600. The van der Waals surface area contributed by atoms with E-state index in [0.29, 0.717) is 18.1 Å². The summed E-state index contributed by atoms with van der Waals surface area (Å²) < 4.78 is 5.68. The average molecular weight is 259 g/mol. The highest BCUT2D eigenvalue weighted by Crippen LogP contribution is 2.23. The fourth-order valence-corrected chi connectivity index (χ4v) is 2.27. The highest BCUT2D eigenvalue weighted by atomic mass is 16.5. The van der Waals surface area contributed by atoms with Gasteiger partial charge in [-0.15, -0.1) is 0 Å². The molecule has 4 nitrogen and oxygen atoms in total.